The zero-order valence-electron chi connectivity index (χ0n) is 19.2. The lowest BCUT2D eigenvalue weighted by atomic mass is 9.96. The van der Waals surface area contributed by atoms with Crippen LogP contribution in [0.15, 0.2) is 47.4 Å². The Balaban J connectivity index is 1.60. The van der Waals surface area contributed by atoms with Crippen LogP contribution < -0.4 is 14.8 Å². The first kappa shape index (κ1) is 25.0. The van der Waals surface area contributed by atoms with Gasteiger partial charge in [0.1, 0.15) is 5.82 Å². The van der Waals surface area contributed by atoms with Crippen molar-refractivity contribution >= 4 is 15.9 Å². The number of amides is 1. The number of piperidine rings is 1. The van der Waals surface area contributed by atoms with Gasteiger partial charge < -0.3 is 14.8 Å². The monoisotopic (exact) mass is 478 g/mol. The van der Waals surface area contributed by atoms with E-state index >= 15 is 0 Å². The molecule has 2 aromatic rings. The van der Waals surface area contributed by atoms with Crippen molar-refractivity contribution in [3.8, 4) is 11.5 Å². The van der Waals surface area contributed by atoms with E-state index in [0.717, 1.165) is 17.7 Å². The summed E-state index contributed by atoms with van der Waals surface area (Å²) in [4.78, 5) is 12.9. The molecule has 1 heterocycles. The lowest BCUT2D eigenvalue weighted by molar-refractivity contribution is -0.126. The fourth-order valence-corrected chi connectivity index (χ4v) is 5.34. The number of ether oxygens (including phenoxy) is 2. The molecule has 0 aromatic heterocycles. The average molecular weight is 479 g/mol. The SMILES string of the molecule is CCOc1ccc([C@H](C)NC(=O)C2CCN(S(=O)(=O)c3ccc(F)cc3)CC2)cc1OCC. The number of sulfonamides is 1. The summed E-state index contributed by atoms with van der Waals surface area (Å²) in [5, 5.41) is 3.03. The highest BCUT2D eigenvalue weighted by Crippen LogP contribution is 2.31. The highest BCUT2D eigenvalue weighted by molar-refractivity contribution is 7.89. The Morgan fingerprint density at radius 2 is 1.67 bits per heavy atom. The molecule has 0 radical (unpaired) electrons. The van der Waals surface area contributed by atoms with Crippen LogP contribution in [0.3, 0.4) is 0 Å². The minimum atomic E-state index is -3.70. The Kier molecular flexibility index (Phi) is 8.31. The second-order valence-electron chi connectivity index (χ2n) is 7.93. The number of carbonyl (C=O) groups is 1. The first-order chi connectivity index (χ1) is 15.8. The van der Waals surface area contributed by atoms with E-state index in [-0.39, 0.29) is 35.9 Å². The molecule has 33 heavy (non-hydrogen) atoms. The number of nitrogens with zero attached hydrogens (tertiary/aromatic N) is 1. The summed E-state index contributed by atoms with van der Waals surface area (Å²) in [6.07, 6.45) is 0.846. The van der Waals surface area contributed by atoms with Crippen LogP contribution in [0.2, 0.25) is 0 Å². The average Bonchev–Trinajstić information content (AvgIpc) is 2.81. The summed E-state index contributed by atoms with van der Waals surface area (Å²) < 4.78 is 51.3. The van der Waals surface area contributed by atoms with E-state index in [0.29, 0.717) is 37.6 Å². The summed E-state index contributed by atoms with van der Waals surface area (Å²) in [6, 6.07) is 10.2. The number of halogens is 1. The Bertz CT molecular complexity index is 1050. The van der Waals surface area contributed by atoms with Gasteiger partial charge in [-0.2, -0.15) is 4.31 Å². The minimum absolute atomic E-state index is 0.0565. The summed E-state index contributed by atoms with van der Waals surface area (Å²) in [7, 11) is -3.70. The van der Waals surface area contributed by atoms with Crippen LogP contribution in [0.1, 0.15) is 45.2 Å². The summed E-state index contributed by atoms with van der Waals surface area (Å²) in [6.45, 7) is 7.22. The molecule has 0 bridgehead atoms. The molecule has 1 N–H and O–H groups in total. The van der Waals surface area contributed by atoms with Gasteiger partial charge in [-0.1, -0.05) is 6.07 Å². The third-order valence-electron chi connectivity index (χ3n) is 5.70. The quantitative estimate of drug-likeness (QED) is 0.591. The van der Waals surface area contributed by atoms with Gasteiger partial charge in [-0.15, -0.1) is 0 Å². The van der Waals surface area contributed by atoms with E-state index < -0.39 is 15.8 Å². The third-order valence-corrected chi connectivity index (χ3v) is 7.62. The van der Waals surface area contributed by atoms with Crippen molar-refractivity contribution in [1.29, 1.82) is 0 Å². The lowest BCUT2D eigenvalue weighted by Crippen LogP contribution is -2.43. The van der Waals surface area contributed by atoms with Crippen molar-refractivity contribution in [3.63, 3.8) is 0 Å². The molecule has 0 unspecified atom stereocenters. The number of carbonyl (C=O) groups excluding carboxylic acids is 1. The number of hydrogen-bond acceptors (Lipinski definition) is 5. The predicted molar refractivity (Wildman–Crippen MR) is 123 cm³/mol. The minimum Gasteiger partial charge on any atom is -0.490 e. The van der Waals surface area contributed by atoms with Crippen molar-refractivity contribution in [2.45, 2.75) is 44.6 Å². The van der Waals surface area contributed by atoms with Gasteiger partial charge in [-0.25, -0.2) is 12.8 Å². The number of rotatable bonds is 9. The maximum absolute atomic E-state index is 13.1. The van der Waals surface area contributed by atoms with Crippen LogP contribution in [0, 0.1) is 11.7 Å². The molecule has 0 aliphatic carbocycles. The zero-order chi connectivity index (χ0) is 24.0. The van der Waals surface area contributed by atoms with Crippen molar-refractivity contribution < 1.29 is 27.1 Å². The second kappa shape index (κ2) is 11.0. The van der Waals surface area contributed by atoms with E-state index in [1.165, 1.54) is 16.4 Å². The van der Waals surface area contributed by atoms with E-state index in [1.807, 2.05) is 39.0 Å². The Morgan fingerprint density at radius 1 is 1.06 bits per heavy atom. The molecule has 9 heteroatoms. The molecule has 2 aromatic carbocycles. The standard InChI is InChI=1S/C24H31FN2O5S/c1-4-31-22-11-6-19(16-23(22)32-5-2)17(3)26-24(28)18-12-14-27(15-13-18)33(29,30)21-9-7-20(25)8-10-21/h6-11,16-18H,4-5,12-15H2,1-3H3,(H,26,28)/t17-/m0/s1. The van der Waals surface area contributed by atoms with Gasteiger partial charge in [-0.3, -0.25) is 4.79 Å². The normalized spacial score (nSPS) is 16.2. The van der Waals surface area contributed by atoms with Crippen LogP contribution >= 0.6 is 0 Å². The fourth-order valence-electron chi connectivity index (χ4n) is 3.87. The first-order valence-corrected chi connectivity index (χ1v) is 12.7. The Hall–Kier alpha value is -2.65. The number of benzene rings is 2. The first-order valence-electron chi connectivity index (χ1n) is 11.2. The molecule has 1 fully saturated rings. The van der Waals surface area contributed by atoms with E-state index in [2.05, 4.69) is 5.32 Å². The number of nitrogens with one attached hydrogen (secondary N) is 1. The van der Waals surface area contributed by atoms with Gasteiger partial charge in [0.25, 0.3) is 0 Å². The molecular formula is C24H31FN2O5S. The highest BCUT2D eigenvalue weighted by Gasteiger charge is 2.32. The summed E-state index contributed by atoms with van der Waals surface area (Å²) in [5.74, 6) is 0.433. The molecule has 1 aliphatic heterocycles. The van der Waals surface area contributed by atoms with Crippen LogP contribution in [-0.4, -0.2) is 44.9 Å². The maximum atomic E-state index is 13.1. The molecule has 0 saturated carbocycles. The molecule has 1 aliphatic rings. The third kappa shape index (κ3) is 6.03. The highest BCUT2D eigenvalue weighted by atomic mass is 32.2. The largest absolute Gasteiger partial charge is 0.490 e. The molecule has 0 spiro atoms. The smallest absolute Gasteiger partial charge is 0.243 e. The van der Waals surface area contributed by atoms with Crippen molar-refractivity contribution in [3.05, 3.63) is 53.8 Å². The second-order valence-corrected chi connectivity index (χ2v) is 9.87. The fraction of sp³-hybridized carbons (Fsp3) is 0.458. The van der Waals surface area contributed by atoms with Gasteiger partial charge in [0.2, 0.25) is 15.9 Å². The Morgan fingerprint density at radius 3 is 2.27 bits per heavy atom. The molecule has 1 atom stereocenters. The molecule has 1 amide bonds. The van der Waals surface area contributed by atoms with Crippen molar-refractivity contribution in [2.24, 2.45) is 5.92 Å². The van der Waals surface area contributed by atoms with E-state index in [1.54, 1.807) is 0 Å². The van der Waals surface area contributed by atoms with Gasteiger partial charge in [0.05, 0.1) is 24.2 Å². The number of hydrogen-bond donors (Lipinski definition) is 1. The van der Waals surface area contributed by atoms with Crippen LogP contribution in [0.4, 0.5) is 4.39 Å². The topological polar surface area (TPSA) is 84.9 Å². The Labute approximate surface area is 194 Å². The molecule has 1 saturated heterocycles. The zero-order valence-corrected chi connectivity index (χ0v) is 20.0. The van der Waals surface area contributed by atoms with Crippen LogP contribution in [-0.2, 0) is 14.8 Å². The van der Waals surface area contributed by atoms with E-state index in [4.69, 9.17) is 9.47 Å². The van der Waals surface area contributed by atoms with Gasteiger partial charge >= 0.3 is 0 Å². The van der Waals surface area contributed by atoms with Crippen LogP contribution in [0.5, 0.6) is 11.5 Å². The molecule has 3 rings (SSSR count). The van der Waals surface area contributed by atoms with Crippen LogP contribution in [0.25, 0.3) is 0 Å². The van der Waals surface area contributed by atoms with Gasteiger partial charge in [0.15, 0.2) is 11.5 Å². The van der Waals surface area contributed by atoms with Crippen molar-refractivity contribution in [2.75, 3.05) is 26.3 Å². The molecule has 7 nitrogen and oxygen atoms in total. The maximum Gasteiger partial charge on any atom is 0.243 e. The lowest BCUT2D eigenvalue weighted by Gasteiger charge is -2.31. The summed E-state index contributed by atoms with van der Waals surface area (Å²) in [5.41, 5.74) is 0.895. The van der Waals surface area contributed by atoms with E-state index in [9.17, 15) is 17.6 Å². The molecular weight excluding hydrogens is 447 g/mol. The predicted octanol–water partition coefficient (Wildman–Crippen LogP) is 3.90. The summed E-state index contributed by atoms with van der Waals surface area (Å²) >= 11 is 0. The van der Waals surface area contributed by atoms with Gasteiger partial charge in [0, 0.05) is 19.0 Å². The van der Waals surface area contributed by atoms with Crippen molar-refractivity contribution in [1.82, 2.24) is 9.62 Å². The molecule has 180 valence electrons. The van der Waals surface area contributed by atoms with Gasteiger partial charge in [-0.05, 0) is 75.6 Å².